The Morgan fingerprint density at radius 2 is 1.95 bits per heavy atom. The number of ether oxygens (including phenoxy) is 1. The molecule has 2 N–H and O–H groups in total. The van der Waals surface area contributed by atoms with Crippen LogP contribution in [0.15, 0.2) is 72.3 Å². The van der Waals surface area contributed by atoms with Crippen molar-refractivity contribution in [1.82, 2.24) is 14.8 Å². The Labute approximate surface area is 223 Å². The van der Waals surface area contributed by atoms with E-state index in [-0.39, 0.29) is 11.3 Å². The van der Waals surface area contributed by atoms with Gasteiger partial charge in [0.05, 0.1) is 23.4 Å². The highest BCUT2D eigenvalue weighted by molar-refractivity contribution is 6.12. The molecule has 1 aliphatic rings. The fourth-order valence-electron chi connectivity index (χ4n) is 4.00. The van der Waals surface area contributed by atoms with Crippen LogP contribution in [0.5, 0.6) is 0 Å². The van der Waals surface area contributed by atoms with Crippen LogP contribution in [0.4, 0.5) is 15.9 Å². The lowest BCUT2D eigenvalue weighted by molar-refractivity contribution is -0.113. The third-order valence-electron chi connectivity index (χ3n) is 6.21. The Hall–Kier alpha value is -3.98. The normalized spacial score (nSPS) is 15.3. The van der Waals surface area contributed by atoms with Crippen LogP contribution in [-0.2, 0) is 9.53 Å². The first-order chi connectivity index (χ1) is 18.2. The molecule has 0 spiro atoms. The number of nitrogens with zero attached hydrogens (tertiary/aromatic N) is 3. The van der Waals surface area contributed by atoms with E-state index in [1.54, 1.807) is 31.3 Å². The van der Waals surface area contributed by atoms with E-state index in [0.29, 0.717) is 23.8 Å². The smallest absolute Gasteiger partial charge is 0.259 e. The second-order valence-electron chi connectivity index (χ2n) is 9.16. The molecule has 38 heavy (non-hydrogen) atoms. The van der Waals surface area contributed by atoms with Crippen molar-refractivity contribution in [2.75, 3.05) is 50.5 Å². The van der Waals surface area contributed by atoms with Crippen LogP contribution in [0.25, 0.3) is 0 Å². The monoisotopic (exact) mass is 521 g/mol. The molecular weight excluding hydrogens is 485 g/mol. The second-order valence-corrected chi connectivity index (χ2v) is 9.16. The van der Waals surface area contributed by atoms with Crippen LogP contribution in [0, 0.1) is 12.7 Å². The lowest BCUT2D eigenvalue weighted by Crippen LogP contribution is -2.28. The molecule has 1 aromatic carbocycles. The Kier molecular flexibility index (Phi) is 10.2. The van der Waals surface area contributed by atoms with E-state index >= 15 is 0 Å². The van der Waals surface area contributed by atoms with Crippen molar-refractivity contribution in [3.05, 3.63) is 89.2 Å². The summed E-state index contributed by atoms with van der Waals surface area (Å²) in [6.45, 7) is 13.3. The Balaban J connectivity index is 1.86. The predicted molar refractivity (Wildman–Crippen MR) is 148 cm³/mol. The summed E-state index contributed by atoms with van der Waals surface area (Å²) >= 11 is 0. The van der Waals surface area contributed by atoms with Gasteiger partial charge in [-0.25, -0.2) is 9.37 Å². The molecule has 0 unspecified atom stereocenters. The molecular formula is C29H36FN5O3. The lowest BCUT2D eigenvalue weighted by atomic mass is 10.1. The van der Waals surface area contributed by atoms with Gasteiger partial charge in [0, 0.05) is 37.6 Å². The highest BCUT2D eigenvalue weighted by atomic mass is 19.1. The summed E-state index contributed by atoms with van der Waals surface area (Å²) in [6, 6.07) is 7.07. The lowest BCUT2D eigenvalue weighted by Gasteiger charge is -2.24. The molecule has 1 aromatic heterocycles. The SMILES string of the molecule is C=C/C(=C\C(OCC)=C(/C)C(=O)Nc1ccc(F)cc1C(=O)Nc1ccc(C)cn1)N1CCCN(C)CC1. The Bertz CT molecular complexity index is 1220. The van der Waals surface area contributed by atoms with Crippen LogP contribution in [0.1, 0.15) is 36.2 Å². The minimum atomic E-state index is -0.603. The first kappa shape index (κ1) is 28.6. The van der Waals surface area contributed by atoms with E-state index < -0.39 is 17.6 Å². The standard InChI is InChI=1S/C29H36FN5O3/c1-6-23(35-14-8-13-34(5)15-16-35)18-26(38-7-2)21(4)28(36)32-25-11-10-22(30)17-24(25)29(37)33-27-12-9-20(3)19-31-27/h6,9-12,17-19H,1,7-8,13-16H2,2-5H3,(H,32,36)(H,31,33,37)/b23-18+,26-21-. The van der Waals surface area contributed by atoms with Crippen LogP contribution in [-0.4, -0.2) is 66.4 Å². The zero-order chi connectivity index (χ0) is 27.7. The number of likely N-dealkylation sites (N-methyl/N-ethyl adjacent to an activating group) is 1. The average Bonchev–Trinajstić information content (AvgIpc) is 3.12. The zero-order valence-electron chi connectivity index (χ0n) is 22.5. The van der Waals surface area contributed by atoms with Crippen molar-refractivity contribution < 1.29 is 18.7 Å². The molecule has 0 radical (unpaired) electrons. The van der Waals surface area contributed by atoms with Gasteiger partial charge in [-0.3, -0.25) is 9.59 Å². The molecule has 1 fully saturated rings. The minimum absolute atomic E-state index is 0.0255. The number of benzene rings is 1. The number of halogens is 1. The van der Waals surface area contributed by atoms with Gasteiger partial charge in [-0.2, -0.15) is 0 Å². The van der Waals surface area contributed by atoms with E-state index in [1.807, 2.05) is 19.9 Å². The quantitative estimate of drug-likeness (QED) is 0.282. The summed E-state index contributed by atoms with van der Waals surface area (Å²) < 4.78 is 19.9. The number of hydrogen-bond acceptors (Lipinski definition) is 6. The fraction of sp³-hybridized carbons (Fsp3) is 0.345. The third kappa shape index (κ3) is 7.76. The van der Waals surface area contributed by atoms with Gasteiger partial charge in [-0.15, -0.1) is 0 Å². The highest BCUT2D eigenvalue weighted by Gasteiger charge is 2.19. The number of aromatic nitrogens is 1. The zero-order valence-corrected chi connectivity index (χ0v) is 22.5. The molecule has 0 atom stereocenters. The molecule has 9 heteroatoms. The maximum atomic E-state index is 14.1. The molecule has 0 aliphatic carbocycles. The third-order valence-corrected chi connectivity index (χ3v) is 6.21. The summed E-state index contributed by atoms with van der Waals surface area (Å²) in [5.41, 5.74) is 2.26. The van der Waals surface area contributed by atoms with Crippen molar-refractivity contribution in [1.29, 1.82) is 0 Å². The van der Waals surface area contributed by atoms with Crippen molar-refractivity contribution in [3.63, 3.8) is 0 Å². The average molecular weight is 522 g/mol. The van der Waals surface area contributed by atoms with Gasteiger partial charge >= 0.3 is 0 Å². The van der Waals surface area contributed by atoms with E-state index in [2.05, 4.69) is 39.0 Å². The van der Waals surface area contributed by atoms with Crippen molar-refractivity contribution in [2.24, 2.45) is 0 Å². The topological polar surface area (TPSA) is 86.8 Å². The highest BCUT2D eigenvalue weighted by Crippen LogP contribution is 2.22. The van der Waals surface area contributed by atoms with E-state index in [1.165, 1.54) is 12.1 Å². The number of pyridine rings is 1. The molecule has 0 bridgehead atoms. The molecule has 2 aromatic rings. The van der Waals surface area contributed by atoms with Gasteiger partial charge in [-0.1, -0.05) is 12.6 Å². The molecule has 3 rings (SSSR count). The number of rotatable bonds is 9. The van der Waals surface area contributed by atoms with Gasteiger partial charge in [0.2, 0.25) is 0 Å². The molecule has 1 saturated heterocycles. The molecule has 202 valence electrons. The van der Waals surface area contributed by atoms with Gasteiger partial charge in [-0.05, 0) is 76.7 Å². The summed E-state index contributed by atoms with van der Waals surface area (Å²) in [6.07, 6.45) is 6.21. The van der Waals surface area contributed by atoms with Crippen LogP contribution >= 0.6 is 0 Å². The molecule has 2 amide bonds. The molecule has 1 aliphatic heterocycles. The van der Waals surface area contributed by atoms with E-state index in [9.17, 15) is 14.0 Å². The largest absolute Gasteiger partial charge is 0.493 e. The maximum Gasteiger partial charge on any atom is 0.259 e. The minimum Gasteiger partial charge on any atom is -0.493 e. The number of carbonyl (C=O) groups excluding carboxylic acids is 2. The fourth-order valence-corrected chi connectivity index (χ4v) is 4.00. The van der Waals surface area contributed by atoms with Crippen LogP contribution in [0.2, 0.25) is 0 Å². The van der Waals surface area contributed by atoms with Crippen molar-refractivity contribution >= 4 is 23.3 Å². The van der Waals surface area contributed by atoms with Gasteiger partial charge in [0.15, 0.2) is 0 Å². The molecule has 0 saturated carbocycles. The first-order valence-electron chi connectivity index (χ1n) is 12.7. The van der Waals surface area contributed by atoms with Gasteiger partial charge in [0.1, 0.15) is 17.4 Å². The molecule has 2 heterocycles. The number of nitrogens with one attached hydrogen (secondary N) is 2. The number of carbonyl (C=O) groups is 2. The second kappa shape index (κ2) is 13.5. The number of allylic oxidation sites excluding steroid dienone is 2. The predicted octanol–water partition coefficient (Wildman–Crippen LogP) is 4.74. The van der Waals surface area contributed by atoms with Crippen LogP contribution in [0.3, 0.4) is 0 Å². The van der Waals surface area contributed by atoms with Gasteiger partial charge in [0.25, 0.3) is 11.8 Å². The summed E-state index contributed by atoms with van der Waals surface area (Å²) in [5, 5.41) is 5.38. The molecule has 8 nitrogen and oxygen atoms in total. The maximum absolute atomic E-state index is 14.1. The number of anilines is 2. The summed E-state index contributed by atoms with van der Waals surface area (Å²) in [7, 11) is 2.10. The van der Waals surface area contributed by atoms with E-state index in [0.717, 1.165) is 49.9 Å². The van der Waals surface area contributed by atoms with Crippen LogP contribution < -0.4 is 10.6 Å². The van der Waals surface area contributed by atoms with Crippen molar-refractivity contribution in [2.45, 2.75) is 27.2 Å². The Morgan fingerprint density at radius 1 is 1.16 bits per heavy atom. The number of aryl methyl sites for hydroxylation is 1. The van der Waals surface area contributed by atoms with Crippen molar-refractivity contribution in [3.8, 4) is 0 Å². The van der Waals surface area contributed by atoms with Gasteiger partial charge < -0.3 is 25.2 Å². The number of hydrogen-bond donors (Lipinski definition) is 2. The first-order valence-corrected chi connectivity index (χ1v) is 12.7. The Morgan fingerprint density at radius 3 is 2.63 bits per heavy atom. The summed E-state index contributed by atoms with van der Waals surface area (Å²) in [4.78, 5) is 34.9. The number of amides is 2. The summed E-state index contributed by atoms with van der Waals surface area (Å²) in [5.74, 6) is -0.956. The van der Waals surface area contributed by atoms with E-state index in [4.69, 9.17) is 4.74 Å².